The lowest BCUT2D eigenvalue weighted by Crippen LogP contribution is -2.54. The zero-order chi connectivity index (χ0) is 28.9. The first-order chi connectivity index (χ1) is 19.0. The summed E-state index contributed by atoms with van der Waals surface area (Å²) in [7, 11) is 0. The van der Waals surface area contributed by atoms with Gasteiger partial charge >= 0.3 is 0 Å². The normalized spacial score (nSPS) is 16.1. The minimum Gasteiger partial charge on any atom is -0.366 e. The molecule has 1 aliphatic rings. The predicted octanol–water partition coefficient (Wildman–Crippen LogP) is 5.32. The molecule has 3 aromatic rings. The largest absolute Gasteiger partial charge is 0.366 e. The van der Waals surface area contributed by atoms with E-state index in [9.17, 15) is 14.0 Å². The van der Waals surface area contributed by atoms with E-state index in [1.165, 1.54) is 6.07 Å². The van der Waals surface area contributed by atoms with Crippen molar-refractivity contribution in [1.29, 1.82) is 0 Å². The molecule has 2 amide bonds. The summed E-state index contributed by atoms with van der Waals surface area (Å²) in [6.45, 7) is 11.0. The van der Waals surface area contributed by atoms with Gasteiger partial charge in [-0.25, -0.2) is 9.37 Å². The Balaban J connectivity index is 1.38. The van der Waals surface area contributed by atoms with Gasteiger partial charge in [0.2, 0.25) is 5.91 Å². The molecule has 0 aliphatic carbocycles. The van der Waals surface area contributed by atoms with E-state index < -0.39 is 0 Å². The summed E-state index contributed by atoms with van der Waals surface area (Å²) >= 11 is 5.88. The number of ether oxygens (including phenoxy) is 1. The summed E-state index contributed by atoms with van der Waals surface area (Å²) in [4.78, 5) is 33.3. The van der Waals surface area contributed by atoms with Gasteiger partial charge in [-0.1, -0.05) is 41.9 Å². The molecule has 7 nitrogen and oxygen atoms in total. The van der Waals surface area contributed by atoms with Crippen molar-refractivity contribution in [2.75, 3.05) is 26.2 Å². The second-order valence-corrected chi connectivity index (χ2v) is 11.5. The average Bonchev–Trinajstić information content (AvgIpc) is 2.91. The molecule has 1 atom stereocenters. The van der Waals surface area contributed by atoms with Crippen LogP contribution in [0.1, 0.15) is 49.3 Å². The summed E-state index contributed by atoms with van der Waals surface area (Å²) < 4.78 is 20.6. The van der Waals surface area contributed by atoms with Crippen molar-refractivity contribution in [1.82, 2.24) is 20.1 Å². The van der Waals surface area contributed by atoms with Crippen LogP contribution in [0.5, 0.6) is 0 Å². The summed E-state index contributed by atoms with van der Waals surface area (Å²) in [6, 6.07) is 17.6. The van der Waals surface area contributed by atoms with E-state index in [-0.39, 0.29) is 53.3 Å². The summed E-state index contributed by atoms with van der Waals surface area (Å²) in [5, 5.41) is 3.05. The van der Waals surface area contributed by atoms with Crippen LogP contribution in [-0.2, 0) is 22.6 Å². The Labute approximate surface area is 240 Å². The minimum absolute atomic E-state index is 0.0134. The highest BCUT2D eigenvalue weighted by Crippen LogP contribution is 2.26. The van der Waals surface area contributed by atoms with E-state index in [4.69, 9.17) is 16.3 Å². The molecule has 0 bridgehead atoms. The van der Waals surface area contributed by atoms with Crippen molar-refractivity contribution in [3.8, 4) is 11.1 Å². The number of hydrogen-bond donors (Lipinski definition) is 1. The maximum atomic E-state index is 14.9. The highest BCUT2D eigenvalue weighted by molar-refractivity contribution is 6.29. The molecular formula is C31H36ClFN4O3. The van der Waals surface area contributed by atoms with Crippen LogP contribution in [0, 0.1) is 5.82 Å². The van der Waals surface area contributed by atoms with Gasteiger partial charge in [0, 0.05) is 44.3 Å². The predicted molar refractivity (Wildman–Crippen MR) is 154 cm³/mol. The van der Waals surface area contributed by atoms with E-state index in [0.29, 0.717) is 18.7 Å². The smallest absolute Gasteiger partial charge is 0.270 e. The van der Waals surface area contributed by atoms with E-state index in [1.807, 2.05) is 49.9 Å². The number of halogens is 2. The molecule has 2 aromatic carbocycles. The van der Waals surface area contributed by atoms with E-state index in [2.05, 4.69) is 22.1 Å². The molecule has 1 aliphatic heterocycles. The first-order valence-corrected chi connectivity index (χ1v) is 13.8. The molecule has 1 aromatic heterocycles. The SMILES string of the molecule is C[C@H]1CN(Cc2cccc(-c3cc(CNC(=O)c4cccc(Cl)n4)ccc3F)c2)CCN1C(=O)COC(C)(C)C. The van der Waals surface area contributed by atoms with Crippen molar-refractivity contribution in [3.63, 3.8) is 0 Å². The number of amides is 2. The second kappa shape index (κ2) is 12.9. The van der Waals surface area contributed by atoms with Gasteiger partial charge in [-0.05, 0) is 74.7 Å². The molecule has 1 saturated heterocycles. The third kappa shape index (κ3) is 8.10. The number of benzene rings is 2. The molecule has 0 spiro atoms. The average molecular weight is 567 g/mol. The fourth-order valence-electron chi connectivity index (χ4n) is 4.71. The van der Waals surface area contributed by atoms with E-state index in [1.54, 1.807) is 30.3 Å². The lowest BCUT2D eigenvalue weighted by atomic mass is 10.00. The Morgan fingerprint density at radius 2 is 1.85 bits per heavy atom. The zero-order valence-corrected chi connectivity index (χ0v) is 24.2. The van der Waals surface area contributed by atoms with Crippen LogP contribution >= 0.6 is 11.6 Å². The van der Waals surface area contributed by atoms with Gasteiger partial charge in [0.25, 0.3) is 5.91 Å². The molecule has 40 heavy (non-hydrogen) atoms. The van der Waals surface area contributed by atoms with Crippen LogP contribution in [0.25, 0.3) is 11.1 Å². The third-order valence-corrected chi connectivity index (χ3v) is 6.95. The fraction of sp³-hybridized carbons (Fsp3) is 0.387. The molecule has 0 radical (unpaired) electrons. The zero-order valence-electron chi connectivity index (χ0n) is 23.4. The summed E-state index contributed by atoms with van der Waals surface area (Å²) in [5.74, 6) is -0.672. The minimum atomic E-state index is -0.354. The first kappa shape index (κ1) is 29.6. The van der Waals surface area contributed by atoms with Crippen LogP contribution in [0.4, 0.5) is 4.39 Å². The number of hydrogen-bond acceptors (Lipinski definition) is 5. The Hall–Kier alpha value is -3.33. The number of carbonyl (C=O) groups excluding carboxylic acids is 2. The van der Waals surface area contributed by atoms with Crippen LogP contribution in [0.15, 0.2) is 60.7 Å². The topological polar surface area (TPSA) is 74.8 Å². The number of aromatic nitrogens is 1. The highest BCUT2D eigenvalue weighted by Gasteiger charge is 2.28. The van der Waals surface area contributed by atoms with Crippen molar-refractivity contribution in [3.05, 3.63) is 88.5 Å². The van der Waals surface area contributed by atoms with Gasteiger partial charge in [-0.3, -0.25) is 14.5 Å². The number of nitrogens with zero attached hydrogens (tertiary/aromatic N) is 3. The van der Waals surface area contributed by atoms with Gasteiger partial charge in [0.1, 0.15) is 23.3 Å². The second-order valence-electron chi connectivity index (χ2n) is 11.1. The van der Waals surface area contributed by atoms with E-state index >= 15 is 0 Å². The van der Waals surface area contributed by atoms with Crippen molar-refractivity contribution >= 4 is 23.4 Å². The number of rotatable bonds is 8. The third-order valence-electron chi connectivity index (χ3n) is 6.74. The number of nitrogens with one attached hydrogen (secondary N) is 1. The Morgan fingerprint density at radius 1 is 1.07 bits per heavy atom. The van der Waals surface area contributed by atoms with Crippen molar-refractivity contribution in [2.24, 2.45) is 0 Å². The van der Waals surface area contributed by atoms with Gasteiger partial charge in [-0.2, -0.15) is 0 Å². The fourth-order valence-corrected chi connectivity index (χ4v) is 4.88. The quantitative estimate of drug-likeness (QED) is 0.374. The number of pyridine rings is 1. The molecule has 4 rings (SSSR count). The molecule has 0 saturated carbocycles. The van der Waals surface area contributed by atoms with Crippen LogP contribution in [-0.4, -0.2) is 64.5 Å². The standard InChI is InChI=1S/C31H36ClFN4O3/c1-21-18-36(13-14-37(21)29(38)20-40-31(2,3)4)19-23-7-5-8-24(15-23)25-16-22(11-12-26(25)33)17-34-30(39)27-9-6-10-28(32)35-27/h5-12,15-16,21H,13-14,17-20H2,1-4H3,(H,34,39)/t21-/m0/s1. The molecule has 2 heterocycles. The van der Waals surface area contributed by atoms with Crippen LogP contribution < -0.4 is 5.32 Å². The lowest BCUT2D eigenvalue weighted by Gasteiger charge is -2.40. The Kier molecular flexibility index (Phi) is 9.56. The summed E-state index contributed by atoms with van der Waals surface area (Å²) in [5.41, 5.74) is 2.93. The number of carbonyl (C=O) groups is 2. The first-order valence-electron chi connectivity index (χ1n) is 13.4. The Bertz CT molecular complexity index is 1360. The van der Waals surface area contributed by atoms with Crippen molar-refractivity contribution < 1.29 is 18.7 Å². The van der Waals surface area contributed by atoms with Crippen LogP contribution in [0.2, 0.25) is 5.15 Å². The molecular weight excluding hydrogens is 531 g/mol. The van der Waals surface area contributed by atoms with Gasteiger partial charge < -0.3 is 15.0 Å². The maximum absolute atomic E-state index is 14.9. The molecule has 1 fully saturated rings. The van der Waals surface area contributed by atoms with Gasteiger partial charge in [-0.15, -0.1) is 0 Å². The van der Waals surface area contributed by atoms with Gasteiger partial charge in [0.05, 0.1) is 5.60 Å². The maximum Gasteiger partial charge on any atom is 0.270 e. The lowest BCUT2D eigenvalue weighted by molar-refractivity contribution is -0.145. The highest BCUT2D eigenvalue weighted by atomic mass is 35.5. The molecule has 212 valence electrons. The Morgan fingerprint density at radius 3 is 2.58 bits per heavy atom. The van der Waals surface area contributed by atoms with E-state index in [0.717, 1.165) is 29.8 Å². The number of piperazine rings is 1. The molecule has 1 N–H and O–H groups in total. The molecule has 9 heteroatoms. The summed E-state index contributed by atoms with van der Waals surface area (Å²) in [6.07, 6.45) is 0. The van der Waals surface area contributed by atoms with Crippen molar-refractivity contribution in [2.45, 2.75) is 52.4 Å². The molecule has 0 unspecified atom stereocenters. The van der Waals surface area contributed by atoms with Gasteiger partial charge in [0.15, 0.2) is 0 Å². The monoisotopic (exact) mass is 566 g/mol. The van der Waals surface area contributed by atoms with Crippen LogP contribution in [0.3, 0.4) is 0 Å².